The van der Waals surface area contributed by atoms with Crippen LogP contribution in [0, 0.1) is 0 Å². The van der Waals surface area contributed by atoms with Crippen LogP contribution < -0.4 is 11.1 Å². The van der Waals surface area contributed by atoms with Crippen LogP contribution in [0.2, 0.25) is 0 Å². The molecule has 2 aliphatic heterocycles. The van der Waals surface area contributed by atoms with Crippen molar-refractivity contribution >= 4 is 40.5 Å². The first-order chi connectivity index (χ1) is 12.8. The van der Waals surface area contributed by atoms with Gasteiger partial charge in [-0.2, -0.15) is 9.98 Å². The second-order valence-corrected chi connectivity index (χ2v) is 7.49. The minimum Gasteiger partial charge on any atom is -0.395 e. The minimum atomic E-state index is -0.860. The summed E-state index contributed by atoms with van der Waals surface area (Å²) in [4.78, 5) is 37.6. The first-order valence-electron chi connectivity index (χ1n) is 8.73. The number of aliphatic imine (C=N–C) groups is 3. The van der Waals surface area contributed by atoms with E-state index in [9.17, 15) is 14.7 Å². The average Bonchev–Trinajstić information content (AvgIpc) is 2.91. The molecule has 0 aromatic heterocycles. The number of nitrogens with two attached hydrogens (primary N) is 1. The van der Waals surface area contributed by atoms with Gasteiger partial charge in [-0.1, -0.05) is 11.8 Å². The van der Waals surface area contributed by atoms with Crippen molar-refractivity contribution in [2.75, 3.05) is 32.1 Å². The molecule has 0 bridgehead atoms. The molecule has 4 N–H and O–H groups in total. The van der Waals surface area contributed by atoms with Crippen LogP contribution in [-0.4, -0.2) is 82.5 Å². The summed E-state index contributed by atoms with van der Waals surface area (Å²) in [6, 6.07) is -0.860. The van der Waals surface area contributed by atoms with Crippen LogP contribution in [-0.2, 0) is 14.3 Å². The summed E-state index contributed by atoms with van der Waals surface area (Å²) >= 11 is 1.17. The number of β-amino-alcohol motifs (C(OH)–C–C–N with tert-alkyl or cyclic N) is 1. The van der Waals surface area contributed by atoms with Gasteiger partial charge in [-0.3, -0.25) is 9.59 Å². The molecule has 0 saturated carbocycles. The van der Waals surface area contributed by atoms with Crippen LogP contribution in [0.15, 0.2) is 15.0 Å². The summed E-state index contributed by atoms with van der Waals surface area (Å²) in [6.07, 6.45) is 0.693. The van der Waals surface area contributed by atoms with Crippen LogP contribution in [0.5, 0.6) is 0 Å². The lowest BCUT2D eigenvalue weighted by atomic mass is 10.1. The van der Waals surface area contributed by atoms with Gasteiger partial charge >= 0.3 is 0 Å². The number of carbonyl (C=O) groups is 2. The summed E-state index contributed by atoms with van der Waals surface area (Å²) in [7, 11) is 0. The molecule has 1 unspecified atom stereocenters. The number of ether oxygens (including phenoxy) is 1. The largest absolute Gasteiger partial charge is 0.395 e. The molecule has 0 aromatic carbocycles. The van der Waals surface area contributed by atoms with Crippen LogP contribution in [0.1, 0.15) is 27.2 Å². The Labute approximate surface area is 162 Å². The molecule has 2 heterocycles. The maximum absolute atomic E-state index is 12.1. The number of aliphatic hydroxyl groups excluding tert-OH is 1. The van der Waals surface area contributed by atoms with Crippen LogP contribution in [0.4, 0.5) is 0 Å². The first-order valence-corrected chi connectivity index (χ1v) is 9.72. The fourth-order valence-corrected chi connectivity index (χ4v) is 3.54. The third kappa shape index (κ3) is 5.75. The minimum absolute atomic E-state index is 0.125. The van der Waals surface area contributed by atoms with E-state index in [0.29, 0.717) is 30.6 Å². The van der Waals surface area contributed by atoms with Crippen LogP contribution >= 0.6 is 11.8 Å². The van der Waals surface area contributed by atoms with Crippen molar-refractivity contribution in [1.29, 1.82) is 0 Å². The molecule has 0 aromatic rings. The number of nitrogens with zero attached hydrogens (tertiary/aromatic N) is 4. The molecule has 0 spiro atoms. The summed E-state index contributed by atoms with van der Waals surface area (Å²) in [5, 5.41) is 12.6. The predicted octanol–water partition coefficient (Wildman–Crippen LogP) is -0.673. The molecule has 1 atom stereocenters. The monoisotopic (exact) mass is 398 g/mol. The van der Waals surface area contributed by atoms with E-state index in [0.717, 1.165) is 0 Å². The molecule has 27 heavy (non-hydrogen) atoms. The Kier molecular flexibility index (Phi) is 7.33. The second kappa shape index (κ2) is 9.29. The Morgan fingerprint density at radius 2 is 2.19 bits per heavy atom. The molecule has 11 heteroatoms. The molecular formula is C16H26N6O4S. The zero-order chi connectivity index (χ0) is 20.0. The van der Waals surface area contributed by atoms with E-state index in [1.54, 1.807) is 4.90 Å². The lowest BCUT2D eigenvalue weighted by Crippen LogP contribution is -2.42. The van der Waals surface area contributed by atoms with E-state index in [-0.39, 0.29) is 36.4 Å². The van der Waals surface area contributed by atoms with Gasteiger partial charge < -0.3 is 25.8 Å². The van der Waals surface area contributed by atoms with Gasteiger partial charge in [-0.25, -0.2) is 4.99 Å². The maximum atomic E-state index is 12.1. The van der Waals surface area contributed by atoms with E-state index in [4.69, 9.17) is 10.5 Å². The van der Waals surface area contributed by atoms with Crippen molar-refractivity contribution in [2.24, 2.45) is 20.7 Å². The van der Waals surface area contributed by atoms with E-state index >= 15 is 0 Å². The Morgan fingerprint density at radius 1 is 1.44 bits per heavy atom. The smallest absolute Gasteiger partial charge is 0.281 e. The third-order valence-electron chi connectivity index (χ3n) is 3.92. The number of carbonyl (C=O) groups excluding carboxylic acids is 2. The van der Waals surface area contributed by atoms with Crippen molar-refractivity contribution < 1.29 is 19.4 Å². The number of rotatable bonds is 9. The first kappa shape index (κ1) is 21.3. The standard InChI is InChI=1S/C16H26N6O4S/c1-4-26-16(2,3)5-6-18-10(24)9-27-15-19-11-12(22(15)7-8-23)20-14(17)21-13(11)25/h11,23H,4-9H2,1-3H3,(H,18,24)(H2,17,21,25). The van der Waals surface area contributed by atoms with E-state index < -0.39 is 11.9 Å². The zero-order valence-corrected chi connectivity index (χ0v) is 16.6. The van der Waals surface area contributed by atoms with Crippen molar-refractivity contribution in [2.45, 2.75) is 38.8 Å². The van der Waals surface area contributed by atoms with Crippen molar-refractivity contribution in [3.63, 3.8) is 0 Å². The SMILES string of the molecule is CCOC(C)(C)CCNC(=O)CSC1=NC2C(=O)N=C(N)N=C2N1CCO. The Morgan fingerprint density at radius 3 is 2.85 bits per heavy atom. The third-order valence-corrected chi connectivity index (χ3v) is 4.91. The molecule has 0 radical (unpaired) electrons. The number of amidine groups is 2. The molecule has 10 nitrogen and oxygen atoms in total. The highest BCUT2D eigenvalue weighted by Crippen LogP contribution is 2.23. The lowest BCUT2D eigenvalue weighted by Gasteiger charge is -2.24. The fourth-order valence-electron chi connectivity index (χ4n) is 2.66. The summed E-state index contributed by atoms with van der Waals surface area (Å²) in [6.45, 7) is 7.05. The summed E-state index contributed by atoms with van der Waals surface area (Å²) < 4.78 is 5.59. The van der Waals surface area contributed by atoms with Gasteiger partial charge in [0, 0.05) is 19.7 Å². The van der Waals surface area contributed by atoms with E-state index in [1.807, 2.05) is 20.8 Å². The quantitative estimate of drug-likeness (QED) is 0.467. The van der Waals surface area contributed by atoms with Gasteiger partial charge in [-0.15, -0.1) is 0 Å². The van der Waals surface area contributed by atoms with Crippen LogP contribution in [0.25, 0.3) is 0 Å². The number of thioether (sulfide) groups is 1. The molecule has 0 saturated heterocycles. The van der Waals surface area contributed by atoms with Crippen molar-refractivity contribution in [3.8, 4) is 0 Å². The molecule has 2 aliphatic rings. The summed E-state index contributed by atoms with van der Waals surface area (Å²) in [5.41, 5.74) is 5.24. The van der Waals surface area contributed by atoms with Gasteiger partial charge in [-0.05, 0) is 27.2 Å². The van der Waals surface area contributed by atoms with Crippen LogP contribution in [0.3, 0.4) is 0 Å². The molecule has 0 aliphatic carbocycles. The highest BCUT2D eigenvalue weighted by atomic mass is 32.2. The van der Waals surface area contributed by atoms with E-state index in [1.165, 1.54) is 11.8 Å². The topological polar surface area (TPSA) is 142 Å². The highest BCUT2D eigenvalue weighted by Gasteiger charge is 2.39. The maximum Gasteiger partial charge on any atom is 0.281 e. The molecule has 2 rings (SSSR count). The van der Waals surface area contributed by atoms with Crippen molar-refractivity contribution in [1.82, 2.24) is 10.2 Å². The molecular weight excluding hydrogens is 372 g/mol. The Balaban J connectivity index is 1.89. The molecule has 2 amide bonds. The molecule has 150 valence electrons. The second-order valence-electron chi connectivity index (χ2n) is 6.55. The molecule has 0 fully saturated rings. The number of amides is 2. The van der Waals surface area contributed by atoms with Gasteiger partial charge in [0.15, 0.2) is 11.2 Å². The number of hydrogen-bond acceptors (Lipinski definition) is 9. The number of hydrogen-bond donors (Lipinski definition) is 3. The highest BCUT2D eigenvalue weighted by molar-refractivity contribution is 8.14. The van der Waals surface area contributed by atoms with Gasteiger partial charge in [0.25, 0.3) is 5.91 Å². The Hall–Kier alpha value is -1.98. The zero-order valence-electron chi connectivity index (χ0n) is 15.8. The Bertz CT molecular complexity index is 676. The number of nitrogens with one attached hydrogen (secondary N) is 1. The van der Waals surface area contributed by atoms with Crippen molar-refractivity contribution in [3.05, 3.63) is 0 Å². The van der Waals surface area contributed by atoms with Gasteiger partial charge in [0.05, 0.1) is 18.0 Å². The fraction of sp³-hybridized carbons (Fsp3) is 0.688. The summed E-state index contributed by atoms with van der Waals surface area (Å²) in [5.74, 6) is -0.329. The van der Waals surface area contributed by atoms with Gasteiger partial charge in [0.2, 0.25) is 11.9 Å². The van der Waals surface area contributed by atoms with Gasteiger partial charge in [0.1, 0.15) is 5.84 Å². The number of fused-ring (bicyclic) bond motifs is 1. The average molecular weight is 398 g/mol. The normalized spacial score (nSPS) is 19.4. The number of aliphatic hydroxyl groups is 1. The lowest BCUT2D eigenvalue weighted by molar-refractivity contribution is -0.119. The number of guanidine groups is 1. The van der Waals surface area contributed by atoms with E-state index in [2.05, 4.69) is 20.3 Å². The predicted molar refractivity (Wildman–Crippen MR) is 105 cm³/mol.